The number of hydrogen-bond acceptors (Lipinski definition) is 5. The number of aromatic nitrogens is 2. The summed E-state index contributed by atoms with van der Waals surface area (Å²) in [6.45, 7) is 5.15. The highest BCUT2D eigenvalue weighted by Crippen LogP contribution is 2.32. The fraction of sp³-hybridized carbons (Fsp3) is 0.529. The van der Waals surface area contributed by atoms with Gasteiger partial charge in [0.25, 0.3) is 0 Å². The van der Waals surface area contributed by atoms with Crippen LogP contribution in [0.5, 0.6) is 0 Å². The summed E-state index contributed by atoms with van der Waals surface area (Å²) in [4.78, 5) is 0.132. The van der Waals surface area contributed by atoms with Gasteiger partial charge in [0, 0.05) is 25.4 Å². The Morgan fingerprint density at radius 1 is 1.28 bits per heavy atom. The van der Waals surface area contributed by atoms with Crippen LogP contribution in [0.25, 0.3) is 0 Å². The van der Waals surface area contributed by atoms with E-state index in [1.54, 1.807) is 11.3 Å². The molecule has 1 fully saturated rings. The molecule has 1 aromatic carbocycles. The van der Waals surface area contributed by atoms with Crippen molar-refractivity contribution in [1.29, 1.82) is 0 Å². The average molecular weight is 384 g/mol. The molecule has 1 atom stereocenters. The SMILES string of the molecule is CC(C)Cc1nnc(C2CCCN(S(=O)(=O)c3ccc(F)cc3)C2)s1. The van der Waals surface area contributed by atoms with Crippen molar-refractivity contribution < 1.29 is 12.8 Å². The van der Waals surface area contributed by atoms with Gasteiger partial charge in [-0.2, -0.15) is 4.31 Å². The summed E-state index contributed by atoms with van der Waals surface area (Å²) in [5, 5.41) is 10.5. The van der Waals surface area contributed by atoms with Gasteiger partial charge in [-0.05, 0) is 43.0 Å². The first-order valence-electron chi connectivity index (χ1n) is 8.44. The zero-order valence-electron chi connectivity index (χ0n) is 14.4. The van der Waals surface area contributed by atoms with Crippen molar-refractivity contribution in [3.8, 4) is 0 Å². The van der Waals surface area contributed by atoms with E-state index in [2.05, 4.69) is 24.0 Å². The van der Waals surface area contributed by atoms with E-state index in [1.165, 1.54) is 28.6 Å². The van der Waals surface area contributed by atoms with Crippen molar-refractivity contribution in [2.24, 2.45) is 5.92 Å². The number of hydrogen-bond donors (Lipinski definition) is 0. The quantitative estimate of drug-likeness (QED) is 0.793. The zero-order chi connectivity index (χ0) is 18.0. The summed E-state index contributed by atoms with van der Waals surface area (Å²) < 4.78 is 40.1. The number of sulfonamides is 1. The van der Waals surface area contributed by atoms with Crippen LogP contribution in [0.15, 0.2) is 29.2 Å². The first kappa shape index (κ1) is 18.4. The van der Waals surface area contributed by atoms with Crippen LogP contribution in [-0.4, -0.2) is 36.0 Å². The Bertz CT molecular complexity index is 819. The Balaban J connectivity index is 1.76. The molecule has 1 saturated heterocycles. The van der Waals surface area contributed by atoms with E-state index in [4.69, 9.17) is 0 Å². The van der Waals surface area contributed by atoms with Crippen molar-refractivity contribution in [2.75, 3.05) is 13.1 Å². The van der Waals surface area contributed by atoms with Crippen molar-refractivity contribution >= 4 is 21.4 Å². The van der Waals surface area contributed by atoms with Gasteiger partial charge in [-0.15, -0.1) is 21.5 Å². The third-order valence-electron chi connectivity index (χ3n) is 4.25. The molecule has 0 spiro atoms. The summed E-state index contributed by atoms with van der Waals surface area (Å²) in [7, 11) is -3.61. The minimum atomic E-state index is -3.61. The van der Waals surface area contributed by atoms with Crippen LogP contribution in [0.3, 0.4) is 0 Å². The lowest BCUT2D eigenvalue weighted by Crippen LogP contribution is -2.39. The topological polar surface area (TPSA) is 63.2 Å². The molecule has 2 heterocycles. The fourth-order valence-corrected chi connectivity index (χ4v) is 5.69. The highest BCUT2D eigenvalue weighted by atomic mass is 32.2. The normalized spacial score (nSPS) is 19.4. The van der Waals surface area contributed by atoms with Gasteiger partial charge in [-0.25, -0.2) is 12.8 Å². The van der Waals surface area contributed by atoms with Crippen molar-refractivity contribution in [2.45, 2.75) is 43.9 Å². The summed E-state index contributed by atoms with van der Waals surface area (Å²) in [5.41, 5.74) is 0. The molecule has 25 heavy (non-hydrogen) atoms. The number of rotatable bonds is 5. The lowest BCUT2D eigenvalue weighted by molar-refractivity contribution is 0.314. The van der Waals surface area contributed by atoms with Gasteiger partial charge in [0.15, 0.2) is 0 Å². The molecule has 0 saturated carbocycles. The van der Waals surface area contributed by atoms with Crippen LogP contribution in [0.1, 0.15) is 42.6 Å². The van der Waals surface area contributed by atoms with E-state index in [-0.39, 0.29) is 10.8 Å². The summed E-state index contributed by atoms with van der Waals surface area (Å²) in [5.74, 6) is 0.145. The molecular weight excluding hydrogens is 361 g/mol. The maximum atomic E-state index is 13.1. The van der Waals surface area contributed by atoms with Gasteiger partial charge in [-0.3, -0.25) is 0 Å². The van der Waals surface area contributed by atoms with Crippen LogP contribution >= 0.6 is 11.3 Å². The standard InChI is InChI=1S/C17H22FN3O2S2/c1-12(2)10-16-19-20-17(24-16)13-4-3-9-21(11-13)25(22,23)15-7-5-14(18)6-8-15/h5-8,12-13H,3-4,9-11H2,1-2H3. The molecule has 1 aliphatic rings. The van der Waals surface area contributed by atoms with E-state index < -0.39 is 15.8 Å². The molecule has 0 bridgehead atoms. The Labute approximate surface area is 152 Å². The molecule has 1 aromatic heterocycles. The highest BCUT2D eigenvalue weighted by Gasteiger charge is 2.32. The van der Waals surface area contributed by atoms with Crippen molar-refractivity contribution in [3.05, 3.63) is 40.1 Å². The van der Waals surface area contributed by atoms with E-state index in [0.717, 1.165) is 29.3 Å². The lowest BCUT2D eigenvalue weighted by Gasteiger charge is -2.30. The molecule has 0 aliphatic carbocycles. The maximum Gasteiger partial charge on any atom is 0.243 e. The molecule has 0 radical (unpaired) electrons. The van der Waals surface area contributed by atoms with Gasteiger partial charge in [-0.1, -0.05) is 13.8 Å². The minimum absolute atomic E-state index is 0.0717. The number of nitrogens with zero attached hydrogens (tertiary/aromatic N) is 3. The van der Waals surface area contributed by atoms with E-state index >= 15 is 0 Å². The van der Waals surface area contributed by atoms with Crippen LogP contribution in [-0.2, 0) is 16.4 Å². The smallest absolute Gasteiger partial charge is 0.207 e. The van der Waals surface area contributed by atoms with E-state index in [9.17, 15) is 12.8 Å². The van der Waals surface area contributed by atoms with Crippen LogP contribution in [0.2, 0.25) is 0 Å². The van der Waals surface area contributed by atoms with Crippen LogP contribution in [0, 0.1) is 11.7 Å². The number of halogens is 1. The van der Waals surface area contributed by atoms with E-state index in [0.29, 0.717) is 19.0 Å². The highest BCUT2D eigenvalue weighted by molar-refractivity contribution is 7.89. The van der Waals surface area contributed by atoms with Crippen LogP contribution in [0.4, 0.5) is 4.39 Å². The van der Waals surface area contributed by atoms with Gasteiger partial charge in [0.05, 0.1) is 4.90 Å². The summed E-state index contributed by atoms with van der Waals surface area (Å²) >= 11 is 1.58. The molecule has 1 aliphatic heterocycles. The van der Waals surface area contributed by atoms with Crippen molar-refractivity contribution in [3.63, 3.8) is 0 Å². The largest absolute Gasteiger partial charge is 0.243 e. The fourth-order valence-electron chi connectivity index (χ4n) is 2.98. The molecule has 5 nitrogen and oxygen atoms in total. The molecule has 8 heteroatoms. The molecule has 2 aromatic rings. The van der Waals surface area contributed by atoms with Crippen LogP contribution < -0.4 is 0 Å². The maximum absolute atomic E-state index is 13.1. The third kappa shape index (κ3) is 4.24. The minimum Gasteiger partial charge on any atom is -0.207 e. The van der Waals surface area contributed by atoms with Gasteiger partial charge in [0.1, 0.15) is 15.8 Å². The molecule has 0 N–H and O–H groups in total. The summed E-state index contributed by atoms with van der Waals surface area (Å²) in [6.07, 6.45) is 2.58. The molecule has 3 rings (SSSR count). The molecule has 0 amide bonds. The number of benzene rings is 1. The Morgan fingerprint density at radius 2 is 2.00 bits per heavy atom. The lowest BCUT2D eigenvalue weighted by atomic mass is 10.0. The predicted octanol–water partition coefficient (Wildman–Crippen LogP) is 3.44. The first-order valence-corrected chi connectivity index (χ1v) is 10.7. The Kier molecular flexibility index (Phi) is 5.50. The molecule has 1 unspecified atom stereocenters. The molecule has 136 valence electrons. The second-order valence-corrected chi connectivity index (χ2v) is 9.82. The van der Waals surface area contributed by atoms with Gasteiger partial charge in [0.2, 0.25) is 10.0 Å². The Morgan fingerprint density at radius 3 is 2.68 bits per heavy atom. The number of piperidine rings is 1. The first-order chi connectivity index (χ1) is 11.9. The van der Waals surface area contributed by atoms with Gasteiger partial charge >= 0.3 is 0 Å². The van der Waals surface area contributed by atoms with Gasteiger partial charge < -0.3 is 0 Å². The average Bonchev–Trinajstić information content (AvgIpc) is 3.03. The third-order valence-corrected chi connectivity index (χ3v) is 7.24. The second kappa shape index (κ2) is 7.47. The second-order valence-electron chi connectivity index (χ2n) is 6.79. The van der Waals surface area contributed by atoms with E-state index in [1.807, 2.05) is 0 Å². The molecular formula is C17H22FN3O2S2. The summed E-state index contributed by atoms with van der Waals surface area (Å²) in [6, 6.07) is 4.99. The predicted molar refractivity (Wildman–Crippen MR) is 95.6 cm³/mol. The monoisotopic (exact) mass is 383 g/mol. The van der Waals surface area contributed by atoms with Crippen molar-refractivity contribution in [1.82, 2.24) is 14.5 Å². The zero-order valence-corrected chi connectivity index (χ0v) is 16.0. The Hall–Kier alpha value is -1.38.